The Labute approximate surface area is 186 Å². The van der Waals surface area contributed by atoms with E-state index in [9.17, 15) is 5.11 Å². The summed E-state index contributed by atoms with van der Waals surface area (Å²) in [6.07, 6.45) is 5.41. The van der Waals surface area contributed by atoms with Crippen LogP contribution in [0.4, 0.5) is 11.6 Å². The van der Waals surface area contributed by atoms with Crippen LogP contribution in [0.25, 0.3) is 11.3 Å². The summed E-state index contributed by atoms with van der Waals surface area (Å²) in [5.41, 5.74) is 4.99. The molecule has 1 aliphatic rings. The van der Waals surface area contributed by atoms with Crippen molar-refractivity contribution in [3.05, 3.63) is 53.6 Å². The van der Waals surface area contributed by atoms with Crippen LogP contribution in [0.5, 0.6) is 0 Å². The summed E-state index contributed by atoms with van der Waals surface area (Å²) in [6, 6.07) is 8.09. The van der Waals surface area contributed by atoms with Crippen molar-refractivity contribution in [2.75, 3.05) is 30.3 Å². The molecule has 168 valence electrons. The molecule has 1 aliphatic heterocycles. The summed E-state index contributed by atoms with van der Waals surface area (Å²) < 4.78 is 3.95. The topological polar surface area (TPSA) is 104 Å². The fourth-order valence-electron chi connectivity index (χ4n) is 4.31. The van der Waals surface area contributed by atoms with E-state index in [0.717, 1.165) is 59.3 Å². The van der Waals surface area contributed by atoms with Gasteiger partial charge < -0.3 is 25.5 Å². The van der Waals surface area contributed by atoms with E-state index in [2.05, 4.69) is 51.6 Å². The molecule has 4 aromatic rings. The molecule has 0 aromatic carbocycles. The zero-order valence-corrected chi connectivity index (χ0v) is 18.5. The molecule has 0 spiro atoms. The minimum atomic E-state index is -0.336. The Balaban J connectivity index is 1.39. The summed E-state index contributed by atoms with van der Waals surface area (Å²) in [5, 5.41) is 25.0. The number of imidazole rings is 1. The third kappa shape index (κ3) is 4.01. The smallest absolute Gasteiger partial charge is 0.162 e. The van der Waals surface area contributed by atoms with Crippen molar-refractivity contribution < 1.29 is 5.11 Å². The Morgan fingerprint density at radius 3 is 2.97 bits per heavy atom. The first-order valence-electron chi connectivity index (χ1n) is 11.3. The van der Waals surface area contributed by atoms with Crippen LogP contribution >= 0.6 is 0 Å². The van der Waals surface area contributed by atoms with Gasteiger partial charge in [0, 0.05) is 42.5 Å². The highest BCUT2D eigenvalue weighted by molar-refractivity contribution is 5.60. The Hall–Kier alpha value is -3.17. The molecule has 4 aromatic heterocycles. The van der Waals surface area contributed by atoms with Gasteiger partial charge in [-0.05, 0) is 38.4 Å². The first-order chi connectivity index (χ1) is 15.6. The minimum absolute atomic E-state index is 0.211. The molecule has 0 saturated carbocycles. The van der Waals surface area contributed by atoms with Gasteiger partial charge in [-0.3, -0.25) is 0 Å². The number of piperidine rings is 1. The van der Waals surface area contributed by atoms with Gasteiger partial charge in [-0.2, -0.15) is 9.61 Å². The highest BCUT2D eigenvalue weighted by Crippen LogP contribution is 2.21. The molecule has 0 amide bonds. The van der Waals surface area contributed by atoms with Crippen LogP contribution in [0.2, 0.25) is 0 Å². The van der Waals surface area contributed by atoms with Crippen LogP contribution in [0.3, 0.4) is 0 Å². The van der Waals surface area contributed by atoms with Gasteiger partial charge in [0.2, 0.25) is 0 Å². The number of nitrogens with one attached hydrogen (secondary N) is 3. The third-order valence-electron chi connectivity index (χ3n) is 6.26. The number of aliphatic hydroxyl groups excluding tert-OH is 1. The fraction of sp³-hybridized carbons (Fsp3) is 0.435. The number of anilines is 2. The standard InChI is InChI=1S/C23H30N8O/c1-3-16-11-27-31-22(26-12-18-14-30-15(2)5-4-6-21(30)28-18)9-20(29-23(16)31)25-10-17-7-8-24-13-19(17)32/h4-6,9,11,14,17,19,24,26,32H,3,7-8,10,12-13H2,1-2H3,(H,25,29)/t17-,19+/m1/s1. The normalized spacial score (nSPS) is 19.0. The Kier molecular flexibility index (Phi) is 5.67. The number of aryl methyl sites for hydroxylation is 2. The molecule has 1 fully saturated rings. The molecule has 0 aliphatic carbocycles. The molecule has 0 unspecified atom stereocenters. The second kappa shape index (κ2) is 8.76. The van der Waals surface area contributed by atoms with Gasteiger partial charge >= 0.3 is 0 Å². The molecule has 2 atom stereocenters. The fourth-order valence-corrected chi connectivity index (χ4v) is 4.31. The van der Waals surface area contributed by atoms with Crippen molar-refractivity contribution in [1.82, 2.24) is 29.3 Å². The number of aliphatic hydroxyl groups is 1. The maximum Gasteiger partial charge on any atom is 0.162 e. The number of pyridine rings is 1. The average Bonchev–Trinajstić information content (AvgIpc) is 3.41. The lowest BCUT2D eigenvalue weighted by Gasteiger charge is -2.28. The van der Waals surface area contributed by atoms with E-state index in [1.165, 1.54) is 0 Å². The lowest BCUT2D eigenvalue weighted by Crippen LogP contribution is -2.43. The van der Waals surface area contributed by atoms with Gasteiger partial charge in [0.05, 0.1) is 24.5 Å². The molecule has 0 bridgehead atoms. The molecule has 5 heterocycles. The van der Waals surface area contributed by atoms with Crippen molar-refractivity contribution in [2.45, 2.75) is 39.3 Å². The molecule has 9 heteroatoms. The molecule has 32 heavy (non-hydrogen) atoms. The van der Waals surface area contributed by atoms with E-state index in [1.54, 1.807) is 0 Å². The van der Waals surface area contributed by atoms with Crippen LogP contribution in [0.1, 0.15) is 30.3 Å². The van der Waals surface area contributed by atoms with Crippen molar-refractivity contribution >= 4 is 22.9 Å². The SMILES string of the molecule is CCc1cnn2c(NCc3cn4c(C)cccc4n3)cc(NC[C@H]3CCNC[C@@H]3O)nc12. The van der Waals surface area contributed by atoms with Crippen LogP contribution in [-0.4, -0.2) is 54.8 Å². The summed E-state index contributed by atoms with van der Waals surface area (Å²) >= 11 is 0. The largest absolute Gasteiger partial charge is 0.391 e. The minimum Gasteiger partial charge on any atom is -0.391 e. The molecular formula is C23H30N8O. The molecular weight excluding hydrogens is 404 g/mol. The van der Waals surface area contributed by atoms with E-state index < -0.39 is 0 Å². The predicted molar refractivity (Wildman–Crippen MR) is 125 cm³/mol. The van der Waals surface area contributed by atoms with Crippen LogP contribution in [-0.2, 0) is 13.0 Å². The highest BCUT2D eigenvalue weighted by Gasteiger charge is 2.22. The lowest BCUT2D eigenvalue weighted by molar-refractivity contribution is 0.0883. The Morgan fingerprint density at radius 1 is 1.25 bits per heavy atom. The number of hydrogen-bond acceptors (Lipinski definition) is 7. The molecule has 1 saturated heterocycles. The van der Waals surface area contributed by atoms with Crippen LogP contribution < -0.4 is 16.0 Å². The molecule has 0 radical (unpaired) electrons. The first-order valence-corrected chi connectivity index (χ1v) is 11.3. The van der Waals surface area contributed by atoms with Gasteiger partial charge in [0.15, 0.2) is 5.65 Å². The second-order valence-corrected chi connectivity index (χ2v) is 8.47. The first kappa shape index (κ1) is 20.7. The quantitative estimate of drug-likeness (QED) is 0.354. The highest BCUT2D eigenvalue weighted by atomic mass is 16.3. The van der Waals surface area contributed by atoms with Gasteiger partial charge in [0.1, 0.15) is 17.3 Å². The number of aromatic nitrogens is 5. The Bertz CT molecular complexity index is 1230. The number of fused-ring (bicyclic) bond motifs is 2. The molecule has 4 N–H and O–H groups in total. The number of nitrogens with zero attached hydrogens (tertiary/aromatic N) is 5. The number of β-amino-alcohol motifs (C(OH)–C–C–N with tert-alkyl or cyclic N) is 1. The lowest BCUT2D eigenvalue weighted by atomic mass is 9.95. The summed E-state index contributed by atoms with van der Waals surface area (Å²) in [6.45, 7) is 7.03. The van der Waals surface area contributed by atoms with Crippen molar-refractivity contribution in [1.29, 1.82) is 0 Å². The second-order valence-electron chi connectivity index (χ2n) is 8.47. The monoisotopic (exact) mass is 434 g/mol. The summed E-state index contributed by atoms with van der Waals surface area (Å²) in [5.74, 6) is 1.85. The van der Waals surface area contributed by atoms with Crippen molar-refractivity contribution in [3.8, 4) is 0 Å². The number of hydrogen-bond donors (Lipinski definition) is 4. The van der Waals surface area contributed by atoms with Crippen molar-refractivity contribution in [2.24, 2.45) is 5.92 Å². The van der Waals surface area contributed by atoms with E-state index in [4.69, 9.17) is 9.97 Å². The summed E-state index contributed by atoms with van der Waals surface area (Å²) in [7, 11) is 0. The third-order valence-corrected chi connectivity index (χ3v) is 6.26. The molecule has 9 nitrogen and oxygen atoms in total. The van der Waals surface area contributed by atoms with Crippen molar-refractivity contribution in [3.63, 3.8) is 0 Å². The zero-order chi connectivity index (χ0) is 22.1. The predicted octanol–water partition coefficient (Wildman–Crippen LogP) is 2.24. The summed E-state index contributed by atoms with van der Waals surface area (Å²) in [4.78, 5) is 9.53. The average molecular weight is 435 g/mol. The van der Waals surface area contributed by atoms with E-state index >= 15 is 0 Å². The number of rotatable bonds is 7. The van der Waals surface area contributed by atoms with E-state index in [-0.39, 0.29) is 12.0 Å². The van der Waals surface area contributed by atoms with Gasteiger partial charge in [-0.25, -0.2) is 9.97 Å². The van der Waals surface area contributed by atoms with Crippen LogP contribution in [0, 0.1) is 12.8 Å². The van der Waals surface area contributed by atoms with Gasteiger partial charge in [-0.1, -0.05) is 13.0 Å². The van der Waals surface area contributed by atoms with E-state index in [0.29, 0.717) is 19.6 Å². The zero-order valence-electron chi connectivity index (χ0n) is 18.5. The molecule has 5 rings (SSSR count). The van der Waals surface area contributed by atoms with E-state index in [1.807, 2.05) is 28.9 Å². The van der Waals surface area contributed by atoms with Crippen LogP contribution in [0.15, 0.2) is 36.7 Å². The van der Waals surface area contributed by atoms with Gasteiger partial charge in [-0.15, -0.1) is 0 Å². The Morgan fingerprint density at radius 2 is 2.16 bits per heavy atom. The van der Waals surface area contributed by atoms with Gasteiger partial charge in [0.25, 0.3) is 0 Å². The maximum absolute atomic E-state index is 10.3. The maximum atomic E-state index is 10.3.